The van der Waals surface area contributed by atoms with Crippen LogP contribution in [0.25, 0.3) is 5.69 Å². The van der Waals surface area contributed by atoms with Gasteiger partial charge in [0.15, 0.2) is 0 Å². The van der Waals surface area contributed by atoms with Crippen LogP contribution in [0.4, 0.5) is 13.2 Å². The molecular weight excluding hydrogens is 455 g/mol. The number of amides is 1. The molecule has 162 valence electrons. The van der Waals surface area contributed by atoms with Crippen LogP contribution < -0.4 is 10.9 Å². The Balaban J connectivity index is 2.30. The number of carbonyl (C=O) groups excluding carboxylic acids is 1. The monoisotopic (exact) mass is 469 g/mol. The maximum absolute atomic E-state index is 13.2. The molecule has 31 heavy (non-hydrogen) atoms. The number of benzene rings is 1. The van der Waals surface area contributed by atoms with Gasteiger partial charge in [-0.2, -0.15) is 13.2 Å². The van der Waals surface area contributed by atoms with Crippen molar-refractivity contribution >= 4 is 28.3 Å². The molecule has 11 heteroatoms. The minimum atomic E-state index is -4.63. The van der Waals surface area contributed by atoms with Crippen LogP contribution in [0.15, 0.2) is 63.4 Å². The van der Waals surface area contributed by atoms with Gasteiger partial charge in [0.2, 0.25) is 0 Å². The van der Waals surface area contributed by atoms with Gasteiger partial charge in [0, 0.05) is 24.6 Å². The zero-order valence-corrected chi connectivity index (χ0v) is 17.7. The first-order chi connectivity index (χ1) is 14.5. The van der Waals surface area contributed by atoms with Crippen molar-refractivity contribution in [3.05, 3.63) is 80.9 Å². The molecule has 0 radical (unpaired) electrons. The Bertz CT molecular complexity index is 1240. The third-order valence-electron chi connectivity index (χ3n) is 4.39. The van der Waals surface area contributed by atoms with Crippen molar-refractivity contribution in [1.29, 1.82) is 0 Å². The van der Waals surface area contributed by atoms with Crippen molar-refractivity contribution in [2.45, 2.75) is 23.0 Å². The Morgan fingerprint density at radius 3 is 2.48 bits per heavy atom. The van der Waals surface area contributed by atoms with Gasteiger partial charge < -0.3 is 5.32 Å². The van der Waals surface area contributed by atoms with Crippen LogP contribution in [-0.4, -0.2) is 26.7 Å². The first-order valence-corrected chi connectivity index (χ1v) is 10.3. The lowest BCUT2D eigenvalue weighted by Gasteiger charge is -2.17. The Kier molecular flexibility index (Phi) is 6.33. The summed E-state index contributed by atoms with van der Waals surface area (Å²) < 4.78 is 53.6. The molecule has 1 N–H and O–H groups in total. The van der Waals surface area contributed by atoms with Crippen LogP contribution in [0, 0.1) is 6.92 Å². The molecule has 1 aromatic carbocycles. The lowest BCUT2D eigenvalue weighted by Crippen LogP contribution is -2.32. The molecule has 1 amide bonds. The zero-order chi connectivity index (χ0) is 22.9. The molecule has 0 aliphatic carbocycles. The first kappa shape index (κ1) is 22.7. The topological polar surface area (TPSA) is 81.1 Å². The molecule has 1 atom stereocenters. The van der Waals surface area contributed by atoms with E-state index in [2.05, 4.69) is 10.3 Å². The standard InChI is InChI=1S/C20H15ClF3N3O3S/c1-11-16(31(30)17-7-6-13(21)10-26-17)9-15(18(28)25-2)19(29)27(11)14-5-3-4-12(8-14)20(22,23)24/h3-10H,1-2H3,(H,25,28). The van der Waals surface area contributed by atoms with Gasteiger partial charge in [0.1, 0.15) is 21.4 Å². The molecule has 2 heterocycles. The van der Waals surface area contributed by atoms with Gasteiger partial charge in [-0.1, -0.05) is 17.7 Å². The van der Waals surface area contributed by atoms with Crippen molar-refractivity contribution in [3.63, 3.8) is 0 Å². The third kappa shape index (κ3) is 4.54. The van der Waals surface area contributed by atoms with Crippen molar-refractivity contribution in [3.8, 4) is 5.69 Å². The fraction of sp³-hybridized carbons (Fsp3) is 0.150. The number of nitrogens with one attached hydrogen (secondary N) is 1. The summed E-state index contributed by atoms with van der Waals surface area (Å²) in [5, 5.41) is 2.72. The van der Waals surface area contributed by atoms with Crippen LogP contribution >= 0.6 is 11.6 Å². The largest absolute Gasteiger partial charge is 0.416 e. The zero-order valence-electron chi connectivity index (χ0n) is 16.2. The van der Waals surface area contributed by atoms with Crippen LogP contribution in [0.3, 0.4) is 0 Å². The van der Waals surface area contributed by atoms with Gasteiger partial charge in [-0.05, 0) is 43.3 Å². The van der Waals surface area contributed by atoms with E-state index in [0.29, 0.717) is 5.02 Å². The van der Waals surface area contributed by atoms with E-state index in [1.807, 2.05) is 0 Å². The Morgan fingerprint density at radius 2 is 1.90 bits per heavy atom. The highest BCUT2D eigenvalue weighted by atomic mass is 35.5. The number of pyridine rings is 2. The van der Waals surface area contributed by atoms with Gasteiger partial charge in [-0.3, -0.25) is 14.2 Å². The van der Waals surface area contributed by atoms with Crippen molar-refractivity contribution in [1.82, 2.24) is 14.9 Å². The Labute approximate surface area is 182 Å². The minimum Gasteiger partial charge on any atom is -0.355 e. The number of hydrogen-bond donors (Lipinski definition) is 1. The smallest absolute Gasteiger partial charge is 0.355 e. The van der Waals surface area contributed by atoms with E-state index in [-0.39, 0.29) is 26.9 Å². The highest BCUT2D eigenvalue weighted by Crippen LogP contribution is 2.31. The molecule has 0 aliphatic heterocycles. The molecule has 0 aliphatic rings. The fourth-order valence-electron chi connectivity index (χ4n) is 2.88. The Hall–Kier alpha value is -2.98. The lowest BCUT2D eigenvalue weighted by molar-refractivity contribution is -0.137. The van der Waals surface area contributed by atoms with E-state index >= 15 is 0 Å². The average Bonchev–Trinajstić information content (AvgIpc) is 2.73. The SMILES string of the molecule is CNC(=O)c1cc(S(=O)c2ccc(Cl)cn2)c(C)n(-c2cccc(C(F)(F)F)c2)c1=O. The van der Waals surface area contributed by atoms with Gasteiger partial charge in [0.25, 0.3) is 11.5 Å². The number of carbonyl (C=O) groups is 1. The predicted octanol–water partition coefficient (Wildman–Crippen LogP) is 3.74. The van der Waals surface area contributed by atoms with E-state index in [1.165, 1.54) is 38.4 Å². The van der Waals surface area contributed by atoms with Gasteiger partial charge >= 0.3 is 6.18 Å². The number of rotatable bonds is 4. The summed E-state index contributed by atoms with van der Waals surface area (Å²) in [5.41, 5.74) is -2.20. The lowest BCUT2D eigenvalue weighted by atomic mass is 10.1. The summed E-state index contributed by atoms with van der Waals surface area (Å²) in [6.07, 6.45) is -3.35. The average molecular weight is 470 g/mol. The van der Waals surface area contributed by atoms with Crippen LogP contribution in [0.5, 0.6) is 0 Å². The summed E-state index contributed by atoms with van der Waals surface area (Å²) in [7, 11) is -0.643. The molecule has 0 saturated carbocycles. The molecule has 0 fully saturated rings. The molecule has 0 saturated heterocycles. The maximum atomic E-state index is 13.2. The molecule has 3 aromatic rings. The van der Waals surface area contributed by atoms with E-state index in [1.54, 1.807) is 0 Å². The molecule has 0 bridgehead atoms. The van der Waals surface area contributed by atoms with Crippen molar-refractivity contribution in [2.75, 3.05) is 7.05 Å². The number of nitrogens with zero attached hydrogens (tertiary/aromatic N) is 2. The number of hydrogen-bond acceptors (Lipinski definition) is 4. The van der Waals surface area contributed by atoms with Crippen LogP contribution in [-0.2, 0) is 17.0 Å². The van der Waals surface area contributed by atoms with Crippen LogP contribution in [0.1, 0.15) is 21.6 Å². The molecule has 1 unspecified atom stereocenters. The first-order valence-electron chi connectivity index (χ1n) is 8.74. The second-order valence-electron chi connectivity index (χ2n) is 6.36. The fourth-order valence-corrected chi connectivity index (χ4v) is 4.14. The number of aromatic nitrogens is 2. The number of alkyl halides is 3. The van der Waals surface area contributed by atoms with Crippen molar-refractivity contribution < 1.29 is 22.2 Å². The summed E-state index contributed by atoms with van der Waals surface area (Å²) in [6.45, 7) is 1.43. The predicted molar refractivity (Wildman–Crippen MR) is 109 cm³/mol. The second-order valence-corrected chi connectivity index (χ2v) is 8.19. The van der Waals surface area contributed by atoms with Gasteiger partial charge in [-0.25, -0.2) is 9.19 Å². The van der Waals surface area contributed by atoms with E-state index < -0.39 is 34.0 Å². The quantitative estimate of drug-likeness (QED) is 0.631. The van der Waals surface area contributed by atoms with E-state index in [4.69, 9.17) is 11.6 Å². The summed E-state index contributed by atoms with van der Waals surface area (Å²) in [4.78, 5) is 29.3. The molecule has 3 rings (SSSR count). The third-order valence-corrected chi connectivity index (χ3v) is 6.05. The summed E-state index contributed by atoms with van der Waals surface area (Å²) >= 11 is 5.81. The normalized spacial score (nSPS) is 12.5. The highest BCUT2D eigenvalue weighted by molar-refractivity contribution is 7.85. The second kappa shape index (κ2) is 8.64. The Morgan fingerprint density at radius 1 is 1.19 bits per heavy atom. The molecule has 6 nitrogen and oxygen atoms in total. The van der Waals surface area contributed by atoms with E-state index in [0.717, 1.165) is 28.8 Å². The van der Waals surface area contributed by atoms with Gasteiger partial charge in [-0.15, -0.1) is 0 Å². The molecule has 2 aromatic heterocycles. The summed E-state index contributed by atoms with van der Waals surface area (Å²) in [5.74, 6) is -0.770. The van der Waals surface area contributed by atoms with Gasteiger partial charge in [0.05, 0.1) is 15.5 Å². The highest BCUT2D eigenvalue weighted by Gasteiger charge is 2.31. The molecular formula is C20H15ClF3N3O3S. The van der Waals surface area contributed by atoms with Crippen molar-refractivity contribution in [2.24, 2.45) is 0 Å². The minimum absolute atomic E-state index is 0.0467. The summed E-state index contributed by atoms with van der Waals surface area (Å²) in [6, 6.07) is 8.14. The maximum Gasteiger partial charge on any atom is 0.416 e. The number of halogens is 4. The van der Waals surface area contributed by atoms with E-state index in [9.17, 15) is 27.0 Å². The molecule has 0 spiro atoms. The van der Waals surface area contributed by atoms with Crippen LogP contribution in [0.2, 0.25) is 5.02 Å².